The molecular weight excluding hydrogens is 455 g/mol. The van der Waals surface area contributed by atoms with E-state index in [0.29, 0.717) is 31.5 Å². The molecule has 0 saturated carbocycles. The van der Waals surface area contributed by atoms with Gasteiger partial charge in [0.2, 0.25) is 17.7 Å². The Morgan fingerprint density at radius 1 is 0.943 bits per heavy atom. The maximum atomic E-state index is 14.5. The lowest BCUT2D eigenvalue weighted by Gasteiger charge is -2.34. The Morgan fingerprint density at radius 2 is 1.66 bits per heavy atom. The lowest BCUT2D eigenvalue weighted by molar-refractivity contribution is -0.136. The zero-order valence-corrected chi connectivity index (χ0v) is 18.8. The van der Waals surface area contributed by atoms with Crippen LogP contribution < -0.4 is 16.0 Å². The fourth-order valence-corrected chi connectivity index (χ4v) is 5.12. The van der Waals surface area contributed by atoms with E-state index in [1.807, 2.05) is 0 Å². The number of primary amides is 1. The largest absolute Gasteiger partial charge is 0.371 e. The first kappa shape index (κ1) is 22.7. The number of fused-ring (bicyclic) bond motifs is 1. The number of carbonyl (C=O) groups is 5. The summed E-state index contributed by atoms with van der Waals surface area (Å²) in [7, 11) is 0. The van der Waals surface area contributed by atoms with Crippen molar-refractivity contribution in [3.63, 3.8) is 0 Å². The maximum Gasteiger partial charge on any atom is 0.262 e. The van der Waals surface area contributed by atoms with Crippen LogP contribution in [0, 0.1) is 5.82 Å². The first-order valence-corrected chi connectivity index (χ1v) is 11.4. The number of carbonyl (C=O) groups excluding carboxylic acids is 5. The summed E-state index contributed by atoms with van der Waals surface area (Å²) in [5, 5.41) is 2.19. The fourth-order valence-electron chi connectivity index (χ4n) is 5.12. The molecule has 3 N–H and O–H groups in total. The van der Waals surface area contributed by atoms with Crippen LogP contribution in [0.1, 0.15) is 68.2 Å². The van der Waals surface area contributed by atoms with Gasteiger partial charge in [0, 0.05) is 30.8 Å². The second kappa shape index (κ2) is 8.61. The molecule has 9 nitrogen and oxygen atoms in total. The average Bonchev–Trinajstić information content (AvgIpc) is 3.08. The van der Waals surface area contributed by atoms with Crippen LogP contribution in [0.2, 0.25) is 0 Å². The Kier molecular flexibility index (Phi) is 5.58. The number of rotatable bonds is 4. The second-order valence-electron chi connectivity index (χ2n) is 9.04. The van der Waals surface area contributed by atoms with Gasteiger partial charge in [-0.15, -0.1) is 0 Å². The molecule has 0 radical (unpaired) electrons. The zero-order chi connectivity index (χ0) is 24.9. The molecule has 35 heavy (non-hydrogen) atoms. The Hall–Kier alpha value is -4.08. The summed E-state index contributed by atoms with van der Waals surface area (Å²) in [6, 6.07) is 8.32. The monoisotopic (exact) mass is 478 g/mol. The van der Waals surface area contributed by atoms with Gasteiger partial charge >= 0.3 is 0 Å². The van der Waals surface area contributed by atoms with Crippen LogP contribution in [0.15, 0.2) is 36.4 Å². The van der Waals surface area contributed by atoms with Crippen molar-refractivity contribution >= 4 is 35.2 Å². The van der Waals surface area contributed by atoms with E-state index in [4.69, 9.17) is 5.73 Å². The summed E-state index contributed by atoms with van der Waals surface area (Å²) in [6.45, 7) is 1.22. The van der Waals surface area contributed by atoms with E-state index in [1.165, 1.54) is 12.1 Å². The summed E-state index contributed by atoms with van der Waals surface area (Å²) in [4.78, 5) is 63.9. The van der Waals surface area contributed by atoms with Gasteiger partial charge in [0.1, 0.15) is 11.9 Å². The highest BCUT2D eigenvalue weighted by atomic mass is 19.1. The van der Waals surface area contributed by atoms with Crippen LogP contribution in [-0.4, -0.2) is 53.6 Å². The van der Waals surface area contributed by atoms with Gasteiger partial charge in [-0.05, 0) is 61.1 Å². The first-order chi connectivity index (χ1) is 16.7. The first-order valence-electron chi connectivity index (χ1n) is 11.4. The van der Waals surface area contributed by atoms with E-state index in [-0.39, 0.29) is 35.4 Å². The molecule has 2 saturated heterocycles. The van der Waals surface area contributed by atoms with Crippen molar-refractivity contribution in [3.05, 3.63) is 64.5 Å². The minimum absolute atomic E-state index is 0.0196. The van der Waals surface area contributed by atoms with E-state index in [9.17, 15) is 28.4 Å². The summed E-state index contributed by atoms with van der Waals surface area (Å²) in [6.07, 6.45) is 1.50. The average molecular weight is 478 g/mol. The van der Waals surface area contributed by atoms with Crippen LogP contribution in [0.5, 0.6) is 0 Å². The number of hydrogen-bond acceptors (Lipinski definition) is 6. The Balaban J connectivity index is 1.30. The van der Waals surface area contributed by atoms with Gasteiger partial charge in [-0.25, -0.2) is 4.39 Å². The summed E-state index contributed by atoms with van der Waals surface area (Å²) in [5.41, 5.74) is 7.12. The molecule has 0 spiro atoms. The summed E-state index contributed by atoms with van der Waals surface area (Å²) >= 11 is 0. The molecule has 2 aromatic carbocycles. The van der Waals surface area contributed by atoms with Crippen LogP contribution in [0.25, 0.3) is 0 Å². The lowest BCUT2D eigenvalue weighted by atomic mass is 9.88. The van der Waals surface area contributed by atoms with Gasteiger partial charge in [0.15, 0.2) is 0 Å². The van der Waals surface area contributed by atoms with Gasteiger partial charge in [0.05, 0.1) is 11.1 Å². The summed E-state index contributed by atoms with van der Waals surface area (Å²) in [5.74, 6) is -3.30. The molecule has 0 aliphatic carbocycles. The highest BCUT2D eigenvalue weighted by Crippen LogP contribution is 2.35. The van der Waals surface area contributed by atoms with Crippen molar-refractivity contribution < 1.29 is 28.4 Å². The van der Waals surface area contributed by atoms with Gasteiger partial charge in [0.25, 0.3) is 11.8 Å². The number of piperidine rings is 2. The lowest BCUT2D eigenvalue weighted by Crippen LogP contribution is -2.54. The normalized spacial score (nSPS) is 20.8. The van der Waals surface area contributed by atoms with E-state index in [2.05, 4.69) is 10.2 Å². The van der Waals surface area contributed by atoms with Crippen molar-refractivity contribution in [1.82, 2.24) is 10.2 Å². The van der Waals surface area contributed by atoms with Crippen molar-refractivity contribution in [2.24, 2.45) is 5.73 Å². The Morgan fingerprint density at radius 3 is 2.31 bits per heavy atom. The molecule has 0 bridgehead atoms. The number of imide groups is 2. The van der Waals surface area contributed by atoms with E-state index >= 15 is 0 Å². The van der Waals surface area contributed by atoms with E-state index in [1.54, 1.807) is 24.3 Å². The highest BCUT2D eigenvalue weighted by Gasteiger charge is 2.44. The highest BCUT2D eigenvalue weighted by molar-refractivity contribution is 6.23. The molecule has 180 valence electrons. The molecule has 0 aromatic heterocycles. The number of halogens is 1. The second-order valence-corrected chi connectivity index (χ2v) is 9.04. The Labute approximate surface area is 200 Å². The third-order valence-electron chi connectivity index (χ3n) is 7.01. The topological polar surface area (TPSA) is 130 Å². The van der Waals surface area contributed by atoms with E-state index in [0.717, 1.165) is 10.6 Å². The standard InChI is InChI=1S/C25H23FN4O5/c26-19-11-14(22(27)32)1-3-16(19)13-7-9-29(10-8-13)15-2-4-17-18(12-15)25(35)30(24(17)34)20-5-6-21(31)28-23(20)33/h1-4,11-13,20H,5-10H2,(H2,27,32)(H,28,31,33). The molecule has 2 aromatic rings. The number of nitrogens with zero attached hydrogens (tertiary/aromatic N) is 2. The third kappa shape index (κ3) is 3.94. The predicted octanol–water partition coefficient (Wildman–Crippen LogP) is 1.71. The SMILES string of the molecule is NC(=O)c1ccc(C2CCN(c3ccc4c(c3)C(=O)N(C3CCC(=O)NC3=O)C4=O)CC2)c(F)c1. The number of nitrogens with two attached hydrogens (primary N) is 1. The number of benzene rings is 2. The molecule has 10 heteroatoms. The van der Waals surface area contributed by atoms with Gasteiger partial charge in [-0.2, -0.15) is 0 Å². The molecule has 3 heterocycles. The fraction of sp³-hybridized carbons (Fsp3) is 0.320. The maximum absolute atomic E-state index is 14.5. The minimum atomic E-state index is -1.00. The number of anilines is 1. The molecule has 1 unspecified atom stereocenters. The van der Waals surface area contributed by atoms with Crippen molar-refractivity contribution in [1.29, 1.82) is 0 Å². The Bertz CT molecular complexity index is 1280. The van der Waals surface area contributed by atoms with Crippen LogP contribution >= 0.6 is 0 Å². The van der Waals surface area contributed by atoms with Crippen molar-refractivity contribution in [2.75, 3.05) is 18.0 Å². The van der Waals surface area contributed by atoms with Gasteiger partial charge < -0.3 is 10.6 Å². The van der Waals surface area contributed by atoms with Gasteiger partial charge in [-0.3, -0.25) is 34.2 Å². The van der Waals surface area contributed by atoms with Crippen molar-refractivity contribution in [2.45, 2.75) is 37.6 Å². The summed E-state index contributed by atoms with van der Waals surface area (Å²) < 4.78 is 14.5. The number of nitrogens with one attached hydrogen (secondary N) is 1. The van der Waals surface area contributed by atoms with Crippen molar-refractivity contribution in [3.8, 4) is 0 Å². The molecule has 1 atom stereocenters. The molecule has 5 amide bonds. The van der Waals surface area contributed by atoms with Gasteiger partial charge in [-0.1, -0.05) is 6.07 Å². The van der Waals surface area contributed by atoms with Crippen LogP contribution in [0.3, 0.4) is 0 Å². The molecule has 3 aliphatic rings. The molecular formula is C25H23FN4O5. The van der Waals surface area contributed by atoms with E-state index < -0.39 is 41.4 Å². The molecule has 2 fully saturated rings. The van der Waals surface area contributed by atoms with Crippen LogP contribution in [-0.2, 0) is 9.59 Å². The number of amides is 5. The molecule has 5 rings (SSSR count). The molecule has 3 aliphatic heterocycles. The zero-order valence-electron chi connectivity index (χ0n) is 18.8. The number of hydrogen-bond donors (Lipinski definition) is 2. The minimum Gasteiger partial charge on any atom is -0.371 e. The third-order valence-corrected chi connectivity index (χ3v) is 7.01. The quantitative estimate of drug-likeness (QED) is 0.644. The smallest absolute Gasteiger partial charge is 0.262 e. The predicted molar refractivity (Wildman–Crippen MR) is 122 cm³/mol. The van der Waals surface area contributed by atoms with Crippen LogP contribution in [0.4, 0.5) is 10.1 Å².